The van der Waals surface area contributed by atoms with Gasteiger partial charge in [-0.2, -0.15) is 0 Å². The predicted molar refractivity (Wildman–Crippen MR) is 109 cm³/mol. The van der Waals surface area contributed by atoms with Crippen molar-refractivity contribution >= 4 is 40.7 Å². The summed E-state index contributed by atoms with van der Waals surface area (Å²) >= 11 is 11.9. The van der Waals surface area contributed by atoms with Crippen molar-refractivity contribution in [1.29, 1.82) is 0 Å². The Bertz CT molecular complexity index is 904. The number of carbonyl (C=O) groups excluding carboxylic acids is 2. The van der Waals surface area contributed by atoms with Crippen molar-refractivity contribution in [2.24, 2.45) is 0 Å². The molecule has 3 rings (SSSR count). The number of carbonyl (C=O) groups is 2. The van der Waals surface area contributed by atoms with Gasteiger partial charge in [0, 0.05) is 0 Å². The van der Waals surface area contributed by atoms with E-state index in [2.05, 4.69) is 5.32 Å². The number of amides is 2. The minimum atomic E-state index is -0.568. The molecule has 1 aliphatic rings. The van der Waals surface area contributed by atoms with E-state index in [0.29, 0.717) is 40.2 Å². The molecule has 28 heavy (non-hydrogen) atoms. The first kappa shape index (κ1) is 20.5. The van der Waals surface area contributed by atoms with Crippen LogP contribution >= 0.6 is 23.2 Å². The lowest BCUT2D eigenvalue weighted by Gasteiger charge is -2.16. The van der Waals surface area contributed by atoms with E-state index in [-0.39, 0.29) is 18.2 Å². The van der Waals surface area contributed by atoms with Gasteiger partial charge in [-0.05, 0) is 48.9 Å². The fourth-order valence-corrected chi connectivity index (χ4v) is 3.41. The van der Waals surface area contributed by atoms with E-state index < -0.39 is 6.04 Å². The van der Waals surface area contributed by atoms with Crippen molar-refractivity contribution in [2.45, 2.75) is 18.9 Å². The Morgan fingerprint density at radius 1 is 1.04 bits per heavy atom. The lowest BCUT2D eigenvalue weighted by atomic mass is 10.1. The molecule has 0 unspecified atom stereocenters. The van der Waals surface area contributed by atoms with Gasteiger partial charge in [0.15, 0.2) is 11.5 Å². The second-order valence-corrected chi connectivity index (χ2v) is 7.13. The second kappa shape index (κ2) is 8.82. The molecule has 0 aliphatic carbocycles. The molecule has 8 heteroatoms. The maximum atomic E-state index is 12.7. The van der Waals surface area contributed by atoms with Gasteiger partial charge in [-0.1, -0.05) is 29.3 Å². The van der Waals surface area contributed by atoms with Gasteiger partial charge in [0.2, 0.25) is 5.91 Å². The highest BCUT2D eigenvalue weighted by atomic mass is 35.5. The van der Waals surface area contributed by atoms with Gasteiger partial charge >= 0.3 is 0 Å². The van der Waals surface area contributed by atoms with Gasteiger partial charge in [-0.25, -0.2) is 4.90 Å². The zero-order valence-corrected chi connectivity index (χ0v) is 17.0. The van der Waals surface area contributed by atoms with Crippen LogP contribution in [-0.2, 0) is 16.0 Å². The Morgan fingerprint density at radius 2 is 1.79 bits per heavy atom. The van der Waals surface area contributed by atoms with Crippen LogP contribution in [0.25, 0.3) is 0 Å². The first-order valence-corrected chi connectivity index (χ1v) is 9.46. The van der Waals surface area contributed by atoms with E-state index in [4.69, 9.17) is 32.7 Å². The number of hydrogen-bond donors (Lipinski definition) is 1. The van der Waals surface area contributed by atoms with Crippen LogP contribution in [0.5, 0.6) is 11.5 Å². The van der Waals surface area contributed by atoms with Crippen LogP contribution in [0.4, 0.5) is 5.69 Å². The molecule has 1 N–H and O–H groups in total. The molecule has 1 aliphatic heterocycles. The van der Waals surface area contributed by atoms with Gasteiger partial charge in [-0.3, -0.25) is 9.59 Å². The molecule has 1 atom stereocenters. The molecule has 2 aromatic carbocycles. The van der Waals surface area contributed by atoms with Crippen LogP contribution < -0.4 is 19.7 Å². The van der Waals surface area contributed by atoms with Crippen LogP contribution in [-0.4, -0.2) is 38.6 Å². The van der Waals surface area contributed by atoms with Gasteiger partial charge in [-0.15, -0.1) is 0 Å². The highest BCUT2D eigenvalue weighted by Gasteiger charge is 2.39. The summed E-state index contributed by atoms with van der Waals surface area (Å²) in [6, 6.07) is 9.79. The van der Waals surface area contributed by atoms with Crippen LogP contribution in [0.3, 0.4) is 0 Å². The lowest BCUT2D eigenvalue weighted by molar-refractivity contribution is -0.121. The Hall–Kier alpha value is -2.28. The average Bonchev–Trinajstić information content (AvgIpc) is 2.97. The monoisotopic (exact) mass is 422 g/mol. The Balaban J connectivity index is 1.62. The average molecular weight is 423 g/mol. The summed E-state index contributed by atoms with van der Waals surface area (Å²) in [7, 11) is 3.17. The van der Waals surface area contributed by atoms with Gasteiger partial charge in [0.1, 0.15) is 0 Å². The smallest absolute Gasteiger partial charge is 0.251 e. The predicted octanol–water partition coefficient (Wildman–Crippen LogP) is 3.47. The molecule has 1 heterocycles. The summed E-state index contributed by atoms with van der Waals surface area (Å²) in [5.41, 5.74) is 1.46. The number of anilines is 1. The maximum Gasteiger partial charge on any atom is 0.251 e. The van der Waals surface area contributed by atoms with Crippen molar-refractivity contribution < 1.29 is 19.1 Å². The van der Waals surface area contributed by atoms with E-state index in [1.807, 2.05) is 18.2 Å². The molecule has 0 saturated carbocycles. The summed E-state index contributed by atoms with van der Waals surface area (Å²) in [6.07, 6.45) is 0.774. The molecule has 2 amide bonds. The third-order valence-corrected chi connectivity index (χ3v) is 5.30. The van der Waals surface area contributed by atoms with E-state index >= 15 is 0 Å². The molecule has 1 fully saturated rings. The first-order chi connectivity index (χ1) is 13.4. The zero-order chi connectivity index (χ0) is 20.3. The standard InChI is InChI=1S/C20H20Cl2N2O4/c1-27-17-6-3-12(9-18(17)28-2)7-8-23-16-11-19(25)24(20(16)26)13-4-5-14(21)15(22)10-13/h3-6,9-10,16,23H,7-8,11H2,1-2H3/t16-/m1/s1. The van der Waals surface area contributed by atoms with E-state index in [1.165, 1.54) is 6.07 Å². The Labute approximate surface area is 173 Å². The normalized spacial score (nSPS) is 16.6. The number of hydrogen-bond acceptors (Lipinski definition) is 5. The SMILES string of the molecule is COc1ccc(CCN[C@@H]2CC(=O)N(c3ccc(Cl)c(Cl)c3)C2=O)cc1OC. The molecule has 1 saturated heterocycles. The van der Waals surface area contributed by atoms with E-state index in [1.54, 1.807) is 26.4 Å². The third-order valence-electron chi connectivity index (χ3n) is 4.56. The number of benzene rings is 2. The minimum Gasteiger partial charge on any atom is -0.493 e. The Morgan fingerprint density at radius 3 is 2.46 bits per heavy atom. The molecule has 0 aromatic heterocycles. The number of ether oxygens (including phenoxy) is 2. The maximum absolute atomic E-state index is 12.7. The molecule has 0 spiro atoms. The first-order valence-electron chi connectivity index (χ1n) is 8.70. The van der Waals surface area contributed by atoms with Gasteiger partial charge in [0.25, 0.3) is 5.91 Å². The quantitative estimate of drug-likeness (QED) is 0.691. The second-order valence-electron chi connectivity index (χ2n) is 6.32. The summed E-state index contributed by atoms with van der Waals surface area (Å²) in [5, 5.41) is 3.82. The van der Waals surface area contributed by atoms with E-state index in [9.17, 15) is 9.59 Å². The van der Waals surface area contributed by atoms with Crippen LogP contribution in [0.2, 0.25) is 10.0 Å². The van der Waals surface area contributed by atoms with Crippen molar-refractivity contribution in [3.05, 3.63) is 52.0 Å². The summed E-state index contributed by atoms with van der Waals surface area (Å²) in [5.74, 6) is 0.744. The third kappa shape index (κ3) is 4.24. The molecular formula is C20H20Cl2N2O4. The van der Waals surface area contributed by atoms with Gasteiger partial charge < -0.3 is 14.8 Å². The number of nitrogens with zero attached hydrogens (tertiary/aromatic N) is 1. The lowest BCUT2D eigenvalue weighted by Crippen LogP contribution is -2.39. The van der Waals surface area contributed by atoms with E-state index in [0.717, 1.165) is 10.5 Å². The van der Waals surface area contributed by atoms with Crippen molar-refractivity contribution in [2.75, 3.05) is 25.7 Å². The number of nitrogens with one attached hydrogen (secondary N) is 1. The zero-order valence-electron chi connectivity index (χ0n) is 15.5. The number of methoxy groups -OCH3 is 2. The number of imide groups is 1. The molecule has 6 nitrogen and oxygen atoms in total. The highest BCUT2D eigenvalue weighted by Crippen LogP contribution is 2.30. The number of halogens is 2. The highest BCUT2D eigenvalue weighted by molar-refractivity contribution is 6.42. The molecule has 2 aromatic rings. The summed E-state index contributed by atoms with van der Waals surface area (Å²) in [4.78, 5) is 26.2. The van der Waals surface area contributed by atoms with Crippen LogP contribution in [0.15, 0.2) is 36.4 Å². The minimum absolute atomic E-state index is 0.102. The molecule has 0 radical (unpaired) electrons. The Kier molecular flexibility index (Phi) is 6.44. The van der Waals surface area contributed by atoms with Crippen LogP contribution in [0.1, 0.15) is 12.0 Å². The number of rotatable bonds is 7. The molecule has 148 valence electrons. The van der Waals surface area contributed by atoms with Crippen LogP contribution in [0, 0.1) is 0 Å². The summed E-state index contributed by atoms with van der Waals surface area (Å²) in [6.45, 7) is 0.536. The van der Waals surface area contributed by atoms with Crippen molar-refractivity contribution in [1.82, 2.24) is 5.32 Å². The molecule has 0 bridgehead atoms. The topological polar surface area (TPSA) is 67.9 Å². The fourth-order valence-electron chi connectivity index (χ4n) is 3.11. The van der Waals surface area contributed by atoms with Crippen molar-refractivity contribution in [3.8, 4) is 11.5 Å². The summed E-state index contributed by atoms with van der Waals surface area (Å²) < 4.78 is 10.5. The largest absolute Gasteiger partial charge is 0.493 e. The van der Waals surface area contributed by atoms with Gasteiger partial charge in [0.05, 0.1) is 42.4 Å². The fraction of sp³-hybridized carbons (Fsp3) is 0.300. The molecular weight excluding hydrogens is 403 g/mol. The van der Waals surface area contributed by atoms with Crippen molar-refractivity contribution in [3.63, 3.8) is 0 Å².